The van der Waals surface area contributed by atoms with Crippen LogP contribution in [0.1, 0.15) is 25.3 Å². The molecule has 0 saturated carbocycles. The summed E-state index contributed by atoms with van der Waals surface area (Å²) in [5, 5.41) is 0. The van der Waals surface area contributed by atoms with E-state index in [1.54, 1.807) is 0 Å². The molecule has 5 nitrogen and oxygen atoms in total. The summed E-state index contributed by atoms with van der Waals surface area (Å²) in [6.07, 6.45) is 3.38. The van der Waals surface area contributed by atoms with Crippen LogP contribution < -0.4 is 19.9 Å². The highest BCUT2D eigenvalue weighted by molar-refractivity contribution is 5.52. The van der Waals surface area contributed by atoms with Gasteiger partial charge in [-0.2, -0.15) is 0 Å². The first-order valence-corrected chi connectivity index (χ1v) is 7.75. The van der Waals surface area contributed by atoms with Gasteiger partial charge < -0.3 is 19.9 Å². The van der Waals surface area contributed by atoms with Crippen LogP contribution in [0.5, 0.6) is 17.2 Å². The van der Waals surface area contributed by atoms with Gasteiger partial charge in [0, 0.05) is 18.7 Å². The van der Waals surface area contributed by atoms with Crippen molar-refractivity contribution in [3.8, 4) is 17.2 Å². The Morgan fingerprint density at radius 1 is 1.24 bits per heavy atom. The zero-order valence-electron chi connectivity index (χ0n) is 12.6. The lowest BCUT2D eigenvalue weighted by Crippen LogP contribution is -2.25. The van der Waals surface area contributed by atoms with Crippen LogP contribution in [0.2, 0.25) is 0 Å². The Balaban J connectivity index is 1.66. The molecule has 0 radical (unpaired) electrons. The minimum atomic E-state index is 0.0892. The van der Waals surface area contributed by atoms with Crippen molar-refractivity contribution in [3.63, 3.8) is 0 Å². The zero-order valence-corrected chi connectivity index (χ0v) is 12.6. The smallest absolute Gasteiger partial charge is 0.231 e. The minimum absolute atomic E-state index is 0.0892. The molecule has 0 aromatic heterocycles. The first kappa shape index (κ1) is 14.5. The first-order chi connectivity index (χ1) is 10.2. The SMILES string of the molecule is CC(N)Cc1cc2c(cc1OCCN1CCCC1)OCO2. The number of nitrogens with two attached hydrogens (primary N) is 1. The highest BCUT2D eigenvalue weighted by atomic mass is 16.7. The summed E-state index contributed by atoms with van der Waals surface area (Å²) >= 11 is 0. The molecule has 0 bridgehead atoms. The molecular formula is C16H24N2O3. The molecular weight excluding hydrogens is 268 g/mol. The average molecular weight is 292 g/mol. The molecule has 2 aliphatic rings. The van der Waals surface area contributed by atoms with Gasteiger partial charge in [-0.25, -0.2) is 0 Å². The first-order valence-electron chi connectivity index (χ1n) is 7.75. The molecule has 2 heterocycles. The number of fused-ring (bicyclic) bond motifs is 1. The maximum Gasteiger partial charge on any atom is 0.231 e. The van der Waals surface area contributed by atoms with Crippen LogP contribution >= 0.6 is 0 Å². The van der Waals surface area contributed by atoms with Gasteiger partial charge in [-0.05, 0) is 50.9 Å². The summed E-state index contributed by atoms with van der Waals surface area (Å²) in [7, 11) is 0. The van der Waals surface area contributed by atoms with E-state index in [1.165, 1.54) is 25.9 Å². The fourth-order valence-corrected chi connectivity index (χ4v) is 2.90. The van der Waals surface area contributed by atoms with Gasteiger partial charge in [0.25, 0.3) is 0 Å². The third-order valence-electron chi connectivity index (χ3n) is 3.96. The Kier molecular flexibility index (Phi) is 4.51. The summed E-state index contributed by atoms with van der Waals surface area (Å²) < 4.78 is 16.9. The lowest BCUT2D eigenvalue weighted by Gasteiger charge is -2.17. The van der Waals surface area contributed by atoms with E-state index >= 15 is 0 Å². The fraction of sp³-hybridized carbons (Fsp3) is 0.625. The highest BCUT2D eigenvalue weighted by Crippen LogP contribution is 2.38. The van der Waals surface area contributed by atoms with Crippen molar-refractivity contribution < 1.29 is 14.2 Å². The van der Waals surface area contributed by atoms with E-state index in [-0.39, 0.29) is 12.8 Å². The summed E-state index contributed by atoms with van der Waals surface area (Å²) in [5.41, 5.74) is 7.02. The lowest BCUT2D eigenvalue weighted by atomic mass is 10.1. The number of ether oxygens (including phenoxy) is 3. The van der Waals surface area contributed by atoms with Crippen LogP contribution in [-0.4, -0.2) is 44.0 Å². The number of rotatable bonds is 6. The molecule has 1 fully saturated rings. The summed E-state index contributed by atoms with van der Waals surface area (Å²) in [4.78, 5) is 2.44. The zero-order chi connectivity index (χ0) is 14.7. The lowest BCUT2D eigenvalue weighted by molar-refractivity contribution is 0.173. The normalized spacial score (nSPS) is 19.0. The van der Waals surface area contributed by atoms with Gasteiger partial charge in [0.1, 0.15) is 12.4 Å². The molecule has 3 rings (SSSR count). The monoisotopic (exact) mass is 292 g/mol. The summed E-state index contributed by atoms with van der Waals surface area (Å²) in [6.45, 7) is 6.34. The molecule has 21 heavy (non-hydrogen) atoms. The minimum Gasteiger partial charge on any atom is -0.492 e. The van der Waals surface area contributed by atoms with Crippen LogP contribution in [0.3, 0.4) is 0 Å². The van der Waals surface area contributed by atoms with Crippen LogP contribution in [0.4, 0.5) is 0 Å². The van der Waals surface area contributed by atoms with Gasteiger partial charge in [0.05, 0.1) is 0 Å². The Hall–Kier alpha value is -1.46. The number of benzene rings is 1. The number of likely N-dealkylation sites (tertiary alicyclic amines) is 1. The van der Waals surface area contributed by atoms with Crippen molar-refractivity contribution in [3.05, 3.63) is 17.7 Å². The molecule has 1 aromatic rings. The van der Waals surface area contributed by atoms with Crippen molar-refractivity contribution in [1.29, 1.82) is 0 Å². The maximum absolute atomic E-state index is 5.99. The molecule has 0 aliphatic carbocycles. The molecule has 1 atom stereocenters. The second kappa shape index (κ2) is 6.54. The molecule has 0 amide bonds. The van der Waals surface area contributed by atoms with E-state index in [1.807, 2.05) is 19.1 Å². The number of nitrogens with zero attached hydrogens (tertiary/aromatic N) is 1. The van der Waals surface area contributed by atoms with E-state index in [0.29, 0.717) is 6.61 Å². The summed E-state index contributed by atoms with van der Waals surface area (Å²) in [5.74, 6) is 2.42. The van der Waals surface area contributed by atoms with Gasteiger partial charge in [-0.3, -0.25) is 4.90 Å². The van der Waals surface area contributed by atoms with Gasteiger partial charge in [-0.1, -0.05) is 0 Å². The Bertz CT molecular complexity index is 485. The van der Waals surface area contributed by atoms with Crippen molar-refractivity contribution >= 4 is 0 Å². The van der Waals surface area contributed by atoms with Crippen molar-refractivity contribution in [2.75, 3.05) is 33.0 Å². The second-order valence-electron chi connectivity index (χ2n) is 5.89. The molecule has 0 spiro atoms. The molecule has 1 saturated heterocycles. The Morgan fingerprint density at radius 2 is 1.95 bits per heavy atom. The third-order valence-corrected chi connectivity index (χ3v) is 3.96. The maximum atomic E-state index is 5.99. The van der Waals surface area contributed by atoms with Crippen LogP contribution in [-0.2, 0) is 6.42 Å². The van der Waals surface area contributed by atoms with Crippen molar-refractivity contribution in [2.24, 2.45) is 5.73 Å². The van der Waals surface area contributed by atoms with Crippen LogP contribution in [0.15, 0.2) is 12.1 Å². The predicted octanol–water partition coefficient (Wildman–Crippen LogP) is 1.78. The molecule has 1 aromatic carbocycles. The molecule has 116 valence electrons. The van der Waals surface area contributed by atoms with Gasteiger partial charge >= 0.3 is 0 Å². The highest BCUT2D eigenvalue weighted by Gasteiger charge is 2.19. The second-order valence-corrected chi connectivity index (χ2v) is 5.89. The van der Waals surface area contributed by atoms with E-state index < -0.39 is 0 Å². The van der Waals surface area contributed by atoms with Crippen molar-refractivity contribution in [2.45, 2.75) is 32.2 Å². The fourth-order valence-electron chi connectivity index (χ4n) is 2.90. The van der Waals surface area contributed by atoms with Crippen LogP contribution in [0, 0.1) is 0 Å². The van der Waals surface area contributed by atoms with Crippen LogP contribution in [0.25, 0.3) is 0 Å². The van der Waals surface area contributed by atoms with E-state index in [4.69, 9.17) is 19.9 Å². The molecule has 2 N–H and O–H groups in total. The van der Waals surface area contributed by atoms with E-state index in [0.717, 1.165) is 35.8 Å². The molecule has 2 aliphatic heterocycles. The predicted molar refractivity (Wildman–Crippen MR) is 81.1 cm³/mol. The topological polar surface area (TPSA) is 57.0 Å². The standard InChI is InChI=1S/C16H24N2O3/c1-12(17)8-13-9-15-16(21-11-20-15)10-14(13)19-7-6-18-4-2-3-5-18/h9-10,12H,2-8,11,17H2,1H3. The van der Waals surface area contributed by atoms with Crippen molar-refractivity contribution in [1.82, 2.24) is 4.90 Å². The van der Waals surface area contributed by atoms with Gasteiger partial charge in [-0.15, -0.1) is 0 Å². The number of hydrogen-bond acceptors (Lipinski definition) is 5. The van der Waals surface area contributed by atoms with Gasteiger partial charge in [0.15, 0.2) is 11.5 Å². The number of hydrogen-bond donors (Lipinski definition) is 1. The summed E-state index contributed by atoms with van der Waals surface area (Å²) in [6, 6.07) is 4.02. The Morgan fingerprint density at radius 3 is 2.67 bits per heavy atom. The molecule has 5 heteroatoms. The Labute approximate surface area is 126 Å². The van der Waals surface area contributed by atoms with E-state index in [9.17, 15) is 0 Å². The average Bonchev–Trinajstić information content (AvgIpc) is 3.09. The van der Waals surface area contributed by atoms with E-state index in [2.05, 4.69) is 4.90 Å². The molecule has 1 unspecified atom stereocenters. The van der Waals surface area contributed by atoms with Gasteiger partial charge in [0.2, 0.25) is 6.79 Å². The quantitative estimate of drug-likeness (QED) is 0.866. The largest absolute Gasteiger partial charge is 0.492 e. The third kappa shape index (κ3) is 3.60.